The van der Waals surface area contributed by atoms with Crippen molar-refractivity contribution >= 4 is 16.8 Å². The summed E-state index contributed by atoms with van der Waals surface area (Å²) >= 11 is 0. The Balaban J connectivity index is 2.52. The zero-order valence-corrected chi connectivity index (χ0v) is 12.6. The van der Waals surface area contributed by atoms with Crippen molar-refractivity contribution in [2.75, 3.05) is 27.2 Å². The average Bonchev–Trinajstić information content (AvgIpc) is 2.52. The summed E-state index contributed by atoms with van der Waals surface area (Å²) in [6.07, 6.45) is 0. The maximum Gasteiger partial charge on any atom is 0.278 e. The predicted molar refractivity (Wildman–Crippen MR) is 82.6 cm³/mol. The molecule has 0 atom stereocenters. The van der Waals surface area contributed by atoms with Gasteiger partial charge in [0.1, 0.15) is 0 Å². The van der Waals surface area contributed by atoms with E-state index in [1.165, 1.54) is 4.90 Å². The number of fused-ring (bicyclic) bond motifs is 1. The SMILES string of the molecule is CCn1nc(C(=O)N(C)CCNC)c(=O)c2ccccc21. The van der Waals surface area contributed by atoms with Crippen LogP contribution in [0.25, 0.3) is 10.9 Å². The third kappa shape index (κ3) is 2.95. The van der Waals surface area contributed by atoms with Crippen LogP contribution in [0.15, 0.2) is 29.1 Å². The van der Waals surface area contributed by atoms with Crippen molar-refractivity contribution in [1.29, 1.82) is 0 Å². The van der Waals surface area contributed by atoms with Crippen molar-refractivity contribution in [3.05, 3.63) is 40.2 Å². The van der Waals surface area contributed by atoms with Gasteiger partial charge in [-0.3, -0.25) is 14.3 Å². The van der Waals surface area contributed by atoms with Gasteiger partial charge in [-0.15, -0.1) is 0 Å². The first kappa shape index (κ1) is 15.2. The van der Waals surface area contributed by atoms with E-state index in [0.717, 1.165) is 5.52 Å². The number of amides is 1. The molecule has 6 heteroatoms. The lowest BCUT2D eigenvalue weighted by atomic mass is 10.2. The quantitative estimate of drug-likeness (QED) is 0.880. The molecule has 0 bridgehead atoms. The molecule has 2 aromatic rings. The summed E-state index contributed by atoms with van der Waals surface area (Å²) in [6, 6.07) is 7.22. The van der Waals surface area contributed by atoms with E-state index in [1.54, 1.807) is 23.9 Å². The molecule has 0 saturated carbocycles. The van der Waals surface area contributed by atoms with Crippen molar-refractivity contribution in [2.24, 2.45) is 0 Å². The molecule has 0 radical (unpaired) electrons. The number of nitrogens with zero attached hydrogens (tertiary/aromatic N) is 3. The van der Waals surface area contributed by atoms with Crippen LogP contribution in [0.3, 0.4) is 0 Å². The fourth-order valence-corrected chi connectivity index (χ4v) is 2.18. The number of carbonyl (C=O) groups excluding carboxylic acids is 1. The molecule has 0 aliphatic carbocycles. The van der Waals surface area contributed by atoms with Crippen molar-refractivity contribution in [3.63, 3.8) is 0 Å². The van der Waals surface area contributed by atoms with E-state index in [9.17, 15) is 9.59 Å². The highest BCUT2D eigenvalue weighted by molar-refractivity contribution is 5.95. The molecule has 112 valence electrons. The molecular weight excluding hydrogens is 268 g/mol. The summed E-state index contributed by atoms with van der Waals surface area (Å²) in [6.45, 7) is 3.72. The molecule has 1 heterocycles. The molecule has 6 nitrogen and oxygen atoms in total. The summed E-state index contributed by atoms with van der Waals surface area (Å²) in [7, 11) is 3.49. The standard InChI is InChI=1S/C15H20N4O2/c1-4-19-12-8-6-5-7-11(12)14(20)13(17-19)15(21)18(3)10-9-16-2/h5-8,16H,4,9-10H2,1-3H3. The second-order valence-corrected chi connectivity index (χ2v) is 4.84. The number of aromatic nitrogens is 2. The Morgan fingerprint density at radius 3 is 2.76 bits per heavy atom. The van der Waals surface area contributed by atoms with Crippen LogP contribution in [0.4, 0.5) is 0 Å². The topological polar surface area (TPSA) is 67.2 Å². The summed E-state index contributed by atoms with van der Waals surface area (Å²) < 4.78 is 1.69. The first-order chi connectivity index (χ1) is 10.1. The van der Waals surface area contributed by atoms with Gasteiger partial charge in [0, 0.05) is 32.1 Å². The van der Waals surface area contributed by atoms with Crippen LogP contribution in [-0.4, -0.2) is 47.8 Å². The van der Waals surface area contributed by atoms with Crippen LogP contribution in [-0.2, 0) is 6.54 Å². The van der Waals surface area contributed by atoms with Gasteiger partial charge in [-0.25, -0.2) is 0 Å². The molecular formula is C15H20N4O2. The van der Waals surface area contributed by atoms with Crippen LogP contribution in [0, 0.1) is 0 Å². The highest BCUT2D eigenvalue weighted by Gasteiger charge is 2.19. The Hall–Kier alpha value is -2.21. The van der Waals surface area contributed by atoms with Gasteiger partial charge in [-0.2, -0.15) is 5.10 Å². The van der Waals surface area contributed by atoms with E-state index in [0.29, 0.717) is 25.0 Å². The molecule has 1 N–H and O–H groups in total. The Bertz CT molecular complexity index is 708. The summed E-state index contributed by atoms with van der Waals surface area (Å²) in [5, 5.41) is 7.74. The summed E-state index contributed by atoms with van der Waals surface area (Å²) in [5.41, 5.74) is 0.421. The van der Waals surface area contributed by atoms with Gasteiger partial charge in [0.15, 0.2) is 5.69 Å². The lowest BCUT2D eigenvalue weighted by molar-refractivity contribution is 0.0787. The van der Waals surface area contributed by atoms with E-state index < -0.39 is 0 Å². The average molecular weight is 288 g/mol. The normalized spacial score (nSPS) is 10.8. The minimum absolute atomic E-state index is 0.0193. The van der Waals surface area contributed by atoms with Gasteiger partial charge in [0.05, 0.1) is 5.52 Å². The van der Waals surface area contributed by atoms with E-state index >= 15 is 0 Å². The number of para-hydroxylation sites is 1. The summed E-state index contributed by atoms with van der Waals surface area (Å²) in [5.74, 6) is -0.344. The van der Waals surface area contributed by atoms with Gasteiger partial charge in [0.25, 0.3) is 5.91 Å². The molecule has 0 spiro atoms. The zero-order chi connectivity index (χ0) is 15.4. The van der Waals surface area contributed by atoms with Crippen LogP contribution in [0.5, 0.6) is 0 Å². The number of likely N-dealkylation sites (N-methyl/N-ethyl adjacent to an activating group) is 2. The van der Waals surface area contributed by atoms with Gasteiger partial charge >= 0.3 is 0 Å². The molecule has 1 aromatic carbocycles. The van der Waals surface area contributed by atoms with Crippen molar-refractivity contribution in [2.45, 2.75) is 13.5 Å². The molecule has 21 heavy (non-hydrogen) atoms. The second kappa shape index (κ2) is 6.49. The van der Waals surface area contributed by atoms with E-state index in [2.05, 4.69) is 10.4 Å². The van der Waals surface area contributed by atoms with Crippen LogP contribution in [0.1, 0.15) is 17.4 Å². The molecule has 1 aromatic heterocycles. The first-order valence-electron chi connectivity index (χ1n) is 7.00. The minimum atomic E-state index is -0.344. The number of hydrogen-bond donors (Lipinski definition) is 1. The minimum Gasteiger partial charge on any atom is -0.339 e. The van der Waals surface area contributed by atoms with E-state index in [4.69, 9.17) is 0 Å². The lowest BCUT2D eigenvalue weighted by Crippen LogP contribution is -2.37. The van der Waals surface area contributed by atoms with E-state index in [-0.39, 0.29) is 17.0 Å². The number of hydrogen-bond acceptors (Lipinski definition) is 4. The van der Waals surface area contributed by atoms with Crippen molar-refractivity contribution in [3.8, 4) is 0 Å². The highest BCUT2D eigenvalue weighted by atomic mass is 16.2. The molecule has 0 aliphatic heterocycles. The number of benzene rings is 1. The fourth-order valence-electron chi connectivity index (χ4n) is 2.18. The fraction of sp³-hybridized carbons (Fsp3) is 0.400. The number of rotatable bonds is 5. The van der Waals surface area contributed by atoms with Crippen LogP contribution in [0.2, 0.25) is 0 Å². The number of aryl methyl sites for hydroxylation is 1. The van der Waals surface area contributed by atoms with Gasteiger partial charge in [-0.1, -0.05) is 12.1 Å². The smallest absolute Gasteiger partial charge is 0.278 e. The summed E-state index contributed by atoms with van der Waals surface area (Å²) in [4.78, 5) is 26.4. The lowest BCUT2D eigenvalue weighted by Gasteiger charge is -2.17. The van der Waals surface area contributed by atoms with Crippen molar-refractivity contribution in [1.82, 2.24) is 20.0 Å². The Morgan fingerprint density at radius 1 is 1.38 bits per heavy atom. The molecule has 1 amide bonds. The van der Waals surface area contributed by atoms with Gasteiger partial charge in [0.2, 0.25) is 5.43 Å². The largest absolute Gasteiger partial charge is 0.339 e. The third-order valence-corrected chi connectivity index (χ3v) is 3.41. The molecule has 2 rings (SSSR count). The number of nitrogens with one attached hydrogen (secondary N) is 1. The maximum atomic E-state index is 12.5. The van der Waals surface area contributed by atoms with Gasteiger partial charge in [-0.05, 0) is 26.1 Å². The molecule has 0 saturated heterocycles. The molecule has 0 aliphatic rings. The molecule has 0 fully saturated rings. The highest BCUT2D eigenvalue weighted by Crippen LogP contribution is 2.10. The predicted octanol–water partition coefficient (Wildman–Crippen LogP) is 0.708. The van der Waals surface area contributed by atoms with E-state index in [1.807, 2.05) is 26.1 Å². The zero-order valence-electron chi connectivity index (χ0n) is 12.6. The maximum absolute atomic E-state index is 12.5. The van der Waals surface area contributed by atoms with Crippen LogP contribution >= 0.6 is 0 Å². The third-order valence-electron chi connectivity index (χ3n) is 3.41. The Morgan fingerprint density at radius 2 is 2.10 bits per heavy atom. The Kier molecular flexibility index (Phi) is 4.70. The first-order valence-corrected chi connectivity index (χ1v) is 7.00. The Labute approximate surface area is 123 Å². The van der Waals surface area contributed by atoms with Crippen molar-refractivity contribution < 1.29 is 4.79 Å². The molecule has 0 unspecified atom stereocenters. The monoisotopic (exact) mass is 288 g/mol. The van der Waals surface area contributed by atoms with Gasteiger partial charge < -0.3 is 10.2 Å². The second-order valence-electron chi connectivity index (χ2n) is 4.84. The van der Waals surface area contributed by atoms with Crippen LogP contribution < -0.4 is 10.7 Å². The number of carbonyl (C=O) groups is 1.